The van der Waals surface area contributed by atoms with Crippen molar-refractivity contribution in [3.05, 3.63) is 45.9 Å². The van der Waals surface area contributed by atoms with Crippen LogP contribution < -0.4 is 15.5 Å². The van der Waals surface area contributed by atoms with Gasteiger partial charge in [0.25, 0.3) is 0 Å². The highest BCUT2D eigenvalue weighted by Gasteiger charge is 2.21. The standard InChI is InChI=1S/C17H21ClN4OS/c1-12-10-13(2-3-15(12)18)11-20-16(23)21-14-4-7-22(8-5-14)17-19-6-9-24-17/h2-3,6,9-10,14H,4-5,7-8,11H2,1H3,(H2,20,21,23). The Morgan fingerprint density at radius 3 is 2.88 bits per heavy atom. The van der Waals surface area contributed by atoms with Gasteiger partial charge in [0.15, 0.2) is 5.13 Å². The molecule has 0 saturated carbocycles. The number of aryl methyl sites for hydroxylation is 1. The van der Waals surface area contributed by atoms with Crippen LogP contribution in [-0.2, 0) is 6.54 Å². The molecule has 0 atom stereocenters. The second kappa shape index (κ2) is 7.85. The summed E-state index contributed by atoms with van der Waals surface area (Å²) < 4.78 is 0. The molecule has 2 aromatic rings. The van der Waals surface area contributed by atoms with Crippen molar-refractivity contribution >= 4 is 34.1 Å². The average Bonchev–Trinajstić information content (AvgIpc) is 3.11. The predicted octanol–water partition coefficient (Wildman–Crippen LogP) is 3.57. The van der Waals surface area contributed by atoms with Gasteiger partial charge in [0.05, 0.1) is 0 Å². The zero-order chi connectivity index (χ0) is 16.9. The summed E-state index contributed by atoms with van der Waals surface area (Å²) in [6.45, 7) is 4.31. The molecular formula is C17H21ClN4OS. The van der Waals surface area contributed by atoms with Gasteiger partial charge in [-0.15, -0.1) is 11.3 Å². The third-order valence-corrected chi connectivity index (χ3v) is 5.45. The summed E-state index contributed by atoms with van der Waals surface area (Å²) in [5, 5.41) is 9.78. The van der Waals surface area contributed by atoms with E-state index >= 15 is 0 Å². The number of rotatable bonds is 4. The van der Waals surface area contributed by atoms with Crippen molar-refractivity contribution in [2.75, 3.05) is 18.0 Å². The molecule has 2 N–H and O–H groups in total. The lowest BCUT2D eigenvalue weighted by atomic mass is 10.1. The van der Waals surface area contributed by atoms with Gasteiger partial charge >= 0.3 is 6.03 Å². The van der Waals surface area contributed by atoms with E-state index in [1.807, 2.05) is 36.7 Å². The number of aromatic nitrogens is 1. The summed E-state index contributed by atoms with van der Waals surface area (Å²) in [6.07, 6.45) is 3.70. The highest BCUT2D eigenvalue weighted by Crippen LogP contribution is 2.22. The van der Waals surface area contributed by atoms with Gasteiger partial charge in [0.2, 0.25) is 0 Å². The van der Waals surface area contributed by atoms with E-state index in [9.17, 15) is 4.79 Å². The van der Waals surface area contributed by atoms with E-state index < -0.39 is 0 Å². The maximum atomic E-state index is 12.1. The second-order valence-corrected chi connectivity index (χ2v) is 7.27. The number of urea groups is 1. The monoisotopic (exact) mass is 364 g/mol. The molecule has 7 heteroatoms. The van der Waals surface area contributed by atoms with Crippen molar-refractivity contribution in [1.29, 1.82) is 0 Å². The Balaban J connectivity index is 1.42. The molecule has 1 aromatic heterocycles. The Morgan fingerprint density at radius 1 is 1.42 bits per heavy atom. The summed E-state index contributed by atoms with van der Waals surface area (Å²) in [6, 6.07) is 5.89. The van der Waals surface area contributed by atoms with Crippen LogP contribution in [0.2, 0.25) is 5.02 Å². The molecule has 24 heavy (non-hydrogen) atoms. The van der Waals surface area contributed by atoms with Crippen LogP contribution in [0.3, 0.4) is 0 Å². The number of hydrogen-bond donors (Lipinski definition) is 2. The van der Waals surface area contributed by atoms with E-state index in [1.54, 1.807) is 11.3 Å². The molecule has 1 saturated heterocycles. The van der Waals surface area contributed by atoms with Crippen LogP contribution in [0, 0.1) is 6.92 Å². The number of piperidine rings is 1. The highest BCUT2D eigenvalue weighted by atomic mass is 35.5. The molecule has 1 fully saturated rings. The minimum absolute atomic E-state index is 0.115. The van der Waals surface area contributed by atoms with Crippen LogP contribution in [-0.4, -0.2) is 30.1 Å². The molecule has 1 aliphatic rings. The maximum Gasteiger partial charge on any atom is 0.315 e. The summed E-state index contributed by atoms with van der Waals surface area (Å²) in [5.74, 6) is 0. The number of carbonyl (C=O) groups excluding carboxylic acids is 1. The first-order valence-corrected chi connectivity index (χ1v) is 9.31. The Morgan fingerprint density at radius 2 is 2.21 bits per heavy atom. The zero-order valence-electron chi connectivity index (χ0n) is 13.6. The number of halogens is 1. The Hall–Kier alpha value is -1.79. The molecule has 5 nitrogen and oxygen atoms in total. The van der Waals surface area contributed by atoms with Gasteiger partial charge in [-0.05, 0) is 37.0 Å². The largest absolute Gasteiger partial charge is 0.348 e. The SMILES string of the molecule is Cc1cc(CNC(=O)NC2CCN(c3nccs3)CC2)ccc1Cl. The van der Waals surface area contributed by atoms with Gasteiger partial charge in [0.1, 0.15) is 0 Å². The van der Waals surface area contributed by atoms with E-state index in [2.05, 4.69) is 20.5 Å². The second-order valence-electron chi connectivity index (χ2n) is 5.99. The number of thiazole rings is 1. The minimum Gasteiger partial charge on any atom is -0.348 e. The van der Waals surface area contributed by atoms with Crippen molar-refractivity contribution in [1.82, 2.24) is 15.6 Å². The molecule has 0 bridgehead atoms. The molecule has 128 valence electrons. The third kappa shape index (κ3) is 4.39. The lowest BCUT2D eigenvalue weighted by Gasteiger charge is -2.32. The quantitative estimate of drug-likeness (QED) is 0.871. The molecule has 2 amide bonds. The molecule has 0 spiro atoms. The Bertz CT molecular complexity index is 684. The zero-order valence-corrected chi connectivity index (χ0v) is 15.2. The molecule has 3 rings (SSSR count). The fourth-order valence-corrected chi connectivity index (χ4v) is 3.64. The summed E-state index contributed by atoms with van der Waals surface area (Å²) >= 11 is 7.67. The lowest BCUT2D eigenvalue weighted by Crippen LogP contribution is -2.47. The van der Waals surface area contributed by atoms with Crippen LogP contribution in [0.5, 0.6) is 0 Å². The topological polar surface area (TPSA) is 57.3 Å². The van der Waals surface area contributed by atoms with Crippen LogP contribution in [0.4, 0.5) is 9.93 Å². The van der Waals surface area contributed by atoms with E-state index in [4.69, 9.17) is 11.6 Å². The first kappa shape index (κ1) is 17.0. The van der Waals surface area contributed by atoms with Gasteiger partial charge in [0, 0.05) is 42.3 Å². The summed E-state index contributed by atoms with van der Waals surface area (Å²) in [7, 11) is 0. The fourth-order valence-electron chi connectivity index (χ4n) is 2.82. The van der Waals surface area contributed by atoms with E-state index in [-0.39, 0.29) is 12.1 Å². The first-order valence-electron chi connectivity index (χ1n) is 8.05. The number of amides is 2. The summed E-state index contributed by atoms with van der Waals surface area (Å²) in [4.78, 5) is 18.7. The first-order chi connectivity index (χ1) is 11.6. The van der Waals surface area contributed by atoms with E-state index in [0.717, 1.165) is 47.2 Å². The van der Waals surface area contributed by atoms with Crippen LogP contribution in [0.1, 0.15) is 24.0 Å². The number of hydrogen-bond acceptors (Lipinski definition) is 4. The van der Waals surface area contributed by atoms with Gasteiger partial charge in [-0.25, -0.2) is 9.78 Å². The number of nitrogens with zero attached hydrogens (tertiary/aromatic N) is 2. The third-order valence-electron chi connectivity index (χ3n) is 4.20. The minimum atomic E-state index is -0.115. The van der Waals surface area contributed by atoms with Gasteiger partial charge in [-0.3, -0.25) is 0 Å². The fraction of sp³-hybridized carbons (Fsp3) is 0.412. The van der Waals surface area contributed by atoms with Crippen molar-refractivity contribution in [2.24, 2.45) is 0 Å². The molecule has 0 unspecified atom stereocenters. The Labute approximate surface area is 151 Å². The maximum absolute atomic E-state index is 12.1. The molecule has 0 aliphatic carbocycles. The number of carbonyl (C=O) groups is 1. The van der Waals surface area contributed by atoms with Gasteiger partial charge < -0.3 is 15.5 Å². The van der Waals surface area contributed by atoms with Crippen molar-refractivity contribution in [2.45, 2.75) is 32.4 Å². The predicted molar refractivity (Wildman–Crippen MR) is 98.9 cm³/mol. The van der Waals surface area contributed by atoms with E-state index in [1.165, 1.54) is 0 Å². The Kier molecular flexibility index (Phi) is 5.58. The molecule has 1 aromatic carbocycles. The van der Waals surface area contributed by atoms with Crippen molar-refractivity contribution in [3.63, 3.8) is 0 Å². The molecular weight excluding hydrogens is 344 g/mol. The van der Waals surface area contributed by atoms with Gasteiger partial charge in [-0.1, -0.05) is 23.7 Å². The lowest BCUT2D eigenvalue weighted by molar-refractivity contribution is 0.234. The van der Waals surface area contributed by atoms with Crippen LogP contribution >= 0.6 is 22.9 Å². The normalized spacial score (nSPS) is 15.3. The van der Waals surface area contributed by atoms with Crippen molar-refractivity contribution < 1.29 is 4.79 Å². The molecule has 1 aliphatic heterocycles. The summed E-state index contributed by atoms with van der Waals surface area (Å²) in [5.41, 5.74) is 2.07. The van der Waals surface area contributed by atoms with E-state index in [0.29, 0.717) is 6.54 Å². The van der Waals surface area contributed by atoms with Crippen molar-refractivity contribution in [3.8, 4) is 0 Å². The van der Waals surface area contributed by atoms with Crippen LogP contribution in [0.15, 0.2) is 29.8 Å². The number of benzene rings is 1. The highest BCUT2D eigenvalue weighted by molar-refractivity contribution is 7.13. The number of nitrogens with one attached hydrogen (secondary N) is 2. The number of anilines is 1. The molecule has 2 heterocycles. The van der Waals surface area contributed by atoms with Crippen LogP contribution in [0.25, 0.3) is 0 Å². The smallest absolute Gasteiger partial charge is 0.315 e. The van der Waals surface area contributed by atoms with Gasteiger partial charge in [-0.2, -0.15) is 0 Å². The molecule has 0 radical (unpaired) electrons. The average molecular weight is 365 g/mol.